The highest BCUT2D eigenvalue weighted by molar-refractivity contribution is 5.98. The number of rotatable bonds is 3. The van der Waals surface area contributed by atoms with Gasteiger partial charge in [-0.3, -0.25) is 10.4 Å². The van der Waals surface area contributed by atoms with E-state index in [1.54, 1.807) is 24.5 Å². The van der Waals surface area contributed by atoms with Crippen LogP contribution in [0.3, 0.4) is 0 Å². The van der Waals surface area contributed by atoms with Crippen LogP contribution in [-0.2, 0) is 0 Å². The highest BCUT2D eigenvalue weighted by Crippen LogP contribution is 2.09. The van der Waals surface area contributed by atoms with E-state index in [1.165, 1.54) is 12.1 Å². The molecule has 17 heavy (non-hydrogen) atoms. The fourth-order valence-corrected chi connectivity index (χ4v) is 1.35. The van der Waals surface area contributed by atoms with Crippen LogP contribution in [0.5, 0.6) is 0 Å². The van der Waals surface area contributed by atoms with E-state index >= 15 is 0 Å². The van der Waals surface area contributed by atoms with Crippen molar-refractivity contribution in [3.05, 3.63) is 60.2 Å². The van der Waals surface area contributed by atoms with E-state index in [4.69, 9.17) is 0 Å². The third-order valence-corrected chi connectivity index (χ3v) is 2.26. The van der Waals surface area contributed by atoms with Crippen LogP contribution in [0, 0.1) is 5.82 Å². The number of anilines is 1. The third kappa shape index (κ3) is 3.11. The zero-order valence-corrected chi connectivity index (χ0v) is 9.39. The van der Waals surface area contributed by atoms with Gasteiger partial charge in [0.05, 0.1) is 11.4 Å². The quantitative estimate of drug-likeness (QED) is 0.648. The Balaban J connectivity index is 2.11. The zero-order chi connectivity index (χ0) is 12.1. The summed E-state index contributed by atoms with van der Waals surface area (Å²) in [5.41, 5.74) is 5.14. The lowest BCUT2D eigenvalue weighted by molar-refractivity contribution is 0.628. The molecule has 1 aromatic carbocycles. The van der Waals surface area contributed by atoms with Crippen molar-refractivity contribution in [2.24, 2.45) is 5.10 Å². The van der Waals surface area contributed by atoms with Gasteiger partial charge in [0, 0.05) is 18.0 Å². The molecule has 0 saturated heterocycles. The van der Waals surface area contributed by atoms with Crippen molar-refractivity contribution < 1.29 is 4.39 Å². The van der Waals surface area contributed by atoms with Crippen molar-refractivity contribution in [1.82, 2.24) is 4.98 Å². The fraction of sp³-hybridized carbons (Fsp3) is 0.0769. The Morgan fingerprint density at radius 2 is 2.18 bits per heavy atom. The highest BCUT2D eigenvalue weighted by Gasteiger charge is 1.97. The van der Waals surface area contributed by atoms with Gasteiger partial charge in [-0.15, -0.1) is 0 Å². The van der Waals surface area contributed by atoms with Gasteiger partial charge in [0.25, 0.3) is 0 Å². The van der Waals surface area contributed by atoms with Gasteiger partial charge in [0.1, 0.15) is 5.82 Å². The van der Waals surface area contributed by atoms with E-state index in [1.807, 2.05) is 19.1 Å². The van der Waals surface area contributed by atoms with Crippen LogP contribution in [0.1, 0.15) is 12.5 Å². The van der Waals surface area contributed by atoms with Crippen LogP contribution < -0.4 is 5.43 Å². The molecular formula is C13H12FN3. The maximum absolute atomic E-state index is 12.9. The molecule has 4 heteroatoms. The second-order valence-electron chi connectivity index (χ2n) is 3.56. The lowest BCUT2D eigenvalue weighted by Gasteiger charge is -2.03. The van der Waals surface area contributed by atoms with E-state index in [-0.39, 0.29) is 5.82 Å². The van der Waals surface area contributed by atoms with Crippen molar-refractivity contribution in [2.75, 3.05) is 5.43 Å². The Hall–Kier alpha value is -2.23. The van der Waals surface area contributed by atoms with E-state index < -0.39 is 0 Å². The maximum Gasteiger partial charge on any atom is 0.125 e. The van der Waals surface area contributed by atoms with Crippen LogP contribution in [0.15, 0.2) is 53.9 Å². The first-order valence-electron chi connectivity index (χ1n) is 5.22. The first-order valence-corrected chi connectivity index (χ1v) is 5.22. The number of hydrogen-bond donors (Lipinski definition) is 1. The van der Waals surface area contributed by atoms with Crippen LogP contribution in [0.2, 0.25) is 0 Å². The van der Waals surface area contributed by atoms with Crippen molar-refractivity contribution in [3.63, 3.8) is 0 Å². The van der Waals surface area contributed by atoms with Gasteiger partial charge in [0.2, 0.25) is 0 Å². The van der Waals surface area contributed by atoms with Gasteiger partial charge in [-0.2, -0.15) is 5.10 Å². The first-order chi connectivity index (χ1) is 8.25. The number of benzene rings is 1. The molecule has 0 fully saturated rings. The largest absolute Gasteiger partial charge is 0.278 e. The first kappa shape index (κ1) is 11.3. The van der Waals surface area contributed by atoms with Gasteiger partial charge in [-0.1, -0.05) is 12.1 Å². The summed E-state index contributed by atoms with van der Waals surface area (Å²) in [5, 5.41) is 4.17. The average Bonchev–Trinajstić information content (AvgIpc) is 2.37. The van der Waals surface area contributed by atoms with E-state index in [0.717, 1.165) is 11.3 Å². The molecule has 3 nitrogen and oxygen atoms in total. The fourth-order valence-electron chi connectivity index (χ4n) is 1.35. The van der Waals surface area contributed by atoms with Crippen molar-refractivity contribution in [3.8, 4) is 0 Å². The standard InChI is InChI=1S/C13H12FN3/c1-10(11-4-3-7-15-9-11)16-17-13-6-2-5-12(14)8-13/h2-9,17H,1H3/b16-10+. The third-order valence-electron chi connectivity index (χ3n) is 2.26. The van der Waals surface area contributed by atoms with Gasteiger partial charge < -0.3 is 0 Å². The summed E-state index contributed by atoms with van der Waals surface area (Å²) >= 11 is 0. The topological polar surface area (TPSA) is 37.3 Å². The molecule has 1 aromatic heterocycles. The molecule has 0 aliphatic heterocycles. The minimum atomic E-state index is -0.288. The summed E-state index contributed by atoms with van der Waals surface area (Å²) in [5.74, 6) is -0.288. The minimum Gasteiger partial charge on any atom is -0.278 e. The Labute approximate surface area is 99.0 Å². The molecule has 2 aromatic rings. The Bertz CT molecular complexity index is 523. The molecule has 0 saturated carbocycles. The average molecular weight is 229 g/mol. The monoisotopic (exact) mass is 229 g/mol. The predicted octanol–water partition coefficient (Wildman–Crippen LogP) is 3.06. The number of nitrogens with zero attached hydrogens (tertiary/aromatic N) is 2. The Kier molecular flexibility index (Phi) is 3.45. The molecule has 0 amide bonds. The SMILES string of the molecule is C/C(=N\Nc1cccc(F)c1)c1cccnc1. The van der Waals surface area contributed by atoms with Crippen molar-refractivity contribution in [2.45, 2.75) is 6.92 Å². The van der Waals surface area contributed by atoms with Crippen molar-refractivity contribution >= 4 is 11.4 Å². The van der Waals surface area contributed by atoms with Gasteiger partial charge in [-0.05, 0) is 31.2 Å². The Morgan fingerprint density at radius 1 is 1.29 bits per heavy atom. The summed E-state index contributed by atoms with van der Waals surface area (Å²) in [6.45, 7) is 1.86. The molecule has 0 radical (unpaired) electrons. The second kappa shape index (κ2) is 5.21. The molecule has 0 bridgehead atoms. The predicted molar refractivity (Wildman–Crippen MR) is 66.5 cm³/mol. The molecule has 1 N–H and O–H groups in total. The molecule has 86 valence electrons. The van der Waals surface area contributed by atoms with Crippen molar-refractivity contribution in [1.29, 1.82) is 0 Å². The summed E-state index contributed by atoms with van der Waals surface area (Å²) in [6, 6.07) is 9.92. The number of aromatic nitrogens is 1. The van der Waals surface area contributed by atoms with E-state index in [2.05, 4.69) is 15.5 Å². The molecule has 1 heterocycles. The highest BCUT2D eigenvalue weighted by atomic mass is 19.1. The van der Waals surface area contributed by atoms with Crippen LogP contribution in [-0.4, -0.2) is 10.7 Å². The summed E-state index contributed by atoms with van der Waals surface area (Å²) in [7, 11) is 0. The Morgan fingerprint density at radius 3 is 2.88 bits per heavy atom. The van der Waals surface area contributed by atoms with Crippen LogP contribution in [0.4, 0.5) is 10.1 Å². The summed E-state index contributed by atoms with van der Waals surface area (Å²) in [4.78, 5) is 4.01. The lowest BCUT2D eigenvalue weighted by atomic mass is 10.2. The normalized spacial score (nSPS) is 11.3. The molecule has 0 spiro atoms. The number of pyridine rings is 1. The number of hydrazone groups is 1. The molecule has 0 aliphatic rings. The number of hydrogen-bond acceptors (Lipinski definition) is 3. The van der Waals surface area contributed by atoms with Crippen LogP contribution >= 0.6 is 0 Å². The van der Waals surface area contributed by atoms with Gasteiger partial charge >= 0.3 is 0 Å². The zero-order valence-electron chi connectivity index (χ0n) is 9.39. The summed E-state index contributed by atoms with van der Waals surface area (Å²) in [6.07, 6.45) is 3.43. The molecule has 0 unspecified atom stereocenters. The summed E-state index contributed by atoms with van der Waals surface area (Å²) < 4.78 is 12.9. The molecule has 0 atom stereocenters. The van der Waals surface area contributed by atoms with E-state index in [9.17, 15) is 4.39 Å². The number of nitrogens with one attached hydrogen (secondary N) is 1. The minimum absolute atomic E-state index is 0.288. The smallest absolute Gasteiger partial charge is 0.125 e. The molecular weight excluding hydrogens is 217 g/mol. The molecule has 0 aliphatic carbocycles. The maximum atomic E-state index is 12.9. The lowest BCUT2D eigenvalue weighted by Crippen LogP contribution is -2.00. The van der Waals surface area contributed by atoms with Crippen LogP contribution in [0.25, 0.3) is 0 Å². The van der Waals surface area contributed by atoms with Gasteiger partial charge in [-0.25, -0.2) is 4.39 Å². The number of halogens is 1. The van der Waals surface area contributed by atoms with E-state index in [0.29, 0.717) is 5.69 Å². The second-order valence-corrected chi connectivity index (χ2v) is 3.56. The molecule has 2 rings (SSSR count). The van der Waals surface area contributed by atoms with Gasteiger partial charge in [0.15, 0.2) is 0 Å².